The van der Waals surface area contributed by atoms with Gasteiger partial charge in [-0.25, -0.2) is 0 Å². The number of anilines is 1. The molecule has 2 aliphatic rings. The first kappa shape index (κ1) is 18.1. The first-order chi connectivity index (χ1) is 14.3. The maximum absolute atomic E-state index is 12.8. The van der Waals surface area contributed by atoms with E-state index in [-0.39, 0.29) is 5.91 Å². The van der Waals surface area contributed by atoms with Crippen LogP contribution in [0.25, 0.3) is 11.1 Å². The monoisotopic (exact) mass is 394 g/mol. The number of carbonyl (C=O) groups excluding carboxylic acids is 1. The number of piperazine rings is 1. The summed E-state index contributed by atoms with van der Waals surface area (Å²) in [5, 5.41) is 8.34. The predicted molar refractivity (Wildman–Crippen MR) is 109 cm³/mol. The molecular formula is C21H26N6O2. The number of hydrogen-bond donors (Lipinski definition) is 0. The molecule has 1 aliphatic carbocycles. The van der Waals surface area contributed by atoms with E-state index in [9.17, 15) is 4.79 Å². The van der Waals surface area contributed by atoms with Gasteiger partial charge in [-0.05, 0) is 30.9 Å². The van der Waals surface area contributed by atoms with E-state index < -0.39 is 0 Å². The molecule has 2 aromatic heterocycles. The molecule has 29 heavy (non-hydrogen) atoms. The average Bonchev–Trinajstić information content (AvgIpc) is 3.41. The minimum atomic E-state index is -0.0443. The molecule has 0 atom stereocenters. The van der Waals surface area contributed by atoms with Gasteiger partial charge in [0.1, 0.15) is 5.52 Å². The fourth-order valence-corrected chi connectivity index (χ4v) is 4.38. The van der Waals surface area contributed by atoms with Crippen molar-refractivity contribution in [2.45, 2.75) is 38.6 Å². The van der Waals surface area contributed by atoms with Gasteiger partial charge in [-0.15, -0.1) is 5.10 Å². The highest BCUT2D eigenvalue weighted by Gasteiger charge is 2.26. The van der Waals surface area contributed by atoms with Gasteiger partial charge in [-0.2, -0.15) is 4.98 Å². The quantitative estimate of drug-likeness (QED) is 0.677. The molecule has 0 unspecified atom stereocenters. The second kappa shape index (κ2) is 7.85. The van der Waals surface area contributed by atoms with E-state index in [2.05, 4.69) is 20.2 Å². The van der Waals surface area contributed by atoms with Crippen molar-refractivity contribution in [3.63, 3.8) is 0 Å². The van der Waals surface area contributed by atoms with Crippen LogP contribution in [0.15, 0.2) is 34.9 Å². The third-order valence-electron chi connectivity index (χ3n) is 6.05. The maximum Gasteiger partial charge on any atom is 0.298 e. The summed E-state index contributed by atoms with van der Waals surface area (Å²) in [6, 6.07) is 8.37. The Kier molecular flexibility index (Phi) is 4.91. The van der Waals surface area contributed by atoms with Gasteiger partial charge in [0.05, 0.1) is 6.20 Å². The highest BCUT2D eigenvalue weighted by Crippen LogP contribution is 2.25. The Hall–Kier alpha value is -2.90. The van der Waals surface area contributed by atoms with Gasteiger partial charge in [0.2, 0.25) is 0 Å². The highest BCUT2D eigenvalue weighted by atomic mass is 16.4. The third-order valence-corrected chi connectivity index (χ3v) is 6.05. The summed E-state index contributed by atoms with van der Waals surface area (Å²) in [7, 11) is 0. The topological polar surface area (TPSA) is 80.3 Å². The number of nitrogens with zero attached hydrogens (tertiary/aromatic N) is 6. The second-order valence-corrected chi connectivity index (χ2v) is 8.07. The van der Waals surface area contributed by atoms with Gasteiger partial charge in [-0.3, -0.25) is 9.48 Å². The number of amides is 1. The van der Waals surface area contributed by atoms with Crippen molar-refractivity contribution < 1.29 is 9.21 Å². The van der Waals surface area contributed by atoms with E-state index in [1.807, 2.05) is 40.0 Å². The van der Waals surface area contributed by atoms with Crippen LogP contribution in [0.3, 0.4) is 0 Å². The fraction of sp³-hybridized carbons (Fsp3) is 0.524. The number of oxazole rings is 1. The van der Waals surface area contributed by atoms with Crippen molar-refractivity contribution in [2.24, 2.45) is 5.92 Å². The molecular weight excluding hydrogens is 368 g/mol. The molecule has 1 saturated heterocycles. The number of aromatic nitrogens is 4. The molecule has 0 radical (unpaired) electrons. The molecule has 2 fully saturated rings. The number of rotatable bonds is 4. The Bertz CT molecular complexity index is 949. The molecule has 1 aliphatic heterocycles. The summed E-state index contributed by atoms with van der Waals surface area (Å²) in [6.07, 6.45) is 8.25. The van der Waals surface area contributed by atoms with Crippen LogP contribution in [0.2, 0.25) is 0 Å². The van der Waals surface area contributed by atoms with Crippen molar-refractivity contribution in [1.82, 2.24) is 24.9 Å². The van der Waals surface area contributed by atoms with Crippen molar-refractivity contribution >= 4 is 23.0 Å². The van der Waals surface area contributed by atoms with Crippen LogP contribution in [-0.2, 0) is 6.54 Å². The van der Waals surface area contributed by atoms with Crippen LogP contribution in [0.5, 0.6) is 0 Å². The van der Waals surface area contributed by atoms with E-state index in [0.717, 1.165) is 17.6 Å². The number of para-hydroxylation sites is 2. The number of benzene rings is 1. The third kappa shape index (κ3) is 3.83. The lowest BCUT2D eigenvalue weighted by atomic mass is 9.89. The largest absolute Gasteiger partial charge is 0.423 e. The van der Waals surface area contributed by atoms with Crippen LogP contribution >= 0.6 is 0 Å². The number of carbonyl (C=O) groups is 1. The van der Waals surface area contributed by atoms with Gasteiger partial charge < -0.3 is 14.2 Å². The number of hydrogen-bond acceptors (Lipinski definition) is 6. The second-order valence-electron chi connectivity index (χ2n) is 8.07. The van der Waals surface area contributed by atoms with Gasteiger partial charge in [0.25, 0.3) is 11.9 Å². The molecule has 1 amide bonds. The van der Waals surface area contributed by atoms with Crippen LogP contribution in [0.4, 0.5) is 6.01 Å². The number of fused-ring (bicyclic) bond motifs is 1. The van der Waals surface area contributed by atoms with Crippen molar-refractivity contribution in [3.8, 4) is 0 Å². The smallest absolute Gasteiger partial charge is 0.298 e. The zero-order chi connectivity index (χ0) is 19.6. The maximum atomic E-state index is 12.8. The lowest BCUT2D eigenvalue weighted by molar-refractivity contribution is 0.0739. The summed E-state index contributed by atoms with van der Waals surface area (Å²) in [5.74, 6) is 0.616. The van der Waals surface area contributed by atoms with Gasteiger partial charge in [0.15, 0.2) is 11.3 Å². The average molecular weight is 394 g/mol. The Morgan fingerprint density at radius 2 is 1.86 bits per heavy atom. The Morgan fingerprint density at radius 3 is 2.66 bits per heavy atom. The summed E-state index contributed by atoms with van der Waals surface area (Å²) in [4.78, 5) is 21.3. The molecule has 0 N–H and O–H groups in total. The zero-order valence-corrected chi connectivity index (χ0v) is 16.5. The fourth-order valence-electron chi connectivity index (χ4n) is 4.38. The van der Waals surface area contributed by atoms with E-state index in [1.165, 1.54) is 32.1 Å². The Morgan fingerprint density at radius 1 is 1.07 bits per heavy atom. The normalized spacial score (nSPS) is 18.5. The van der Waals surface area contributed by atoms with Crippen molar-refractivity contribution in [2.75, 3.05) is 31.1 Å². The SMILES string of the molecule is O=C(c1cn(CC2CCCCC2)nn1)N1CCN(c2nc3ccccc3o2)CC1. The molecule has 5 rings (SSSR count). The molecule has 3 heterocycles. The molecule has 0 bridgehead atoms. The summed E-state index contributed by atoms with van der Waals surface area (Å²) >= 11 is 0. The lowest BCUT2D eigenvalue weighted by Crippen LogP contribution is -2.49. The molecule has 0 spiro atoms. The van der Waals surface area contributed by atoms with Gasteiger partial charge >= 0.3 is 0 Å². The summed E-state index contributed by atoms with van der Waals surface area (Å²) in [6.45, 7) is 3.48. The van der Waals surface area contributed by atoms with E-state index in [1.54, 1.807) is 0 Å². The van der Waals surface area contributed by atoms with Crippen LogP contribution in [0, 0.1) is 5.92 Å². The first-order valence-electron chi connectivity index (χ1n) is 10.6. The summed E-state index contributed by atoms with van der Waals surface area (Å²) in [5.41, 5.74) is 2.09. The van der Waals surface area contributed by atoms with E-state index in [4.69, 9.17) is 4.42 Å². The first-order valence-corrected chi connectivity index (χ1v) is 10.6. The van der Waals surface area contributed by atoms with Gasteiger partial charge in [0, 0.05) is 32.7 Å². The highest BCUT2D eigenvalue weighted by molar-refractivity contribution is 5.92. The lowest BCUT2D eigenvalue weighted by Gasteiger charge is -2.33. The zero-order valence-electron chi connectivity index (χ0n) is 16.5. The van der Waals surface area contributed by atoms with Crippen LogP contribution < -0.4 is 4.90 Å². The minimum Gasteiger partial charge on any atom is -0.423 e. The van der Waals surface area contributed by atoms with Crippen LogP contribution in [-0.4, -0.2) is 57.0 Å². The Labute approximate surface area is 169 Å². The van der Waals surface area contributed by atoms with E-state index >= 15 is 0 Å². The molecule has 8 nitrogen and oxygen atoms in total. The van der Waals surface area contributed by atoms with Crippen LogP contribution in [0.1, 0.15) is 42.6 Å². The molecule has 152 valence electrons. The van der Waals surface area contributed by atoms with E-state index in [0.29, 0.717) is 43.8 Å². The Balaban J connectivity index is 1.19. The molecule has 1 aromatic carbocycles. The molecule has 3 aromatic rings. The standard InChI is InChI=1S/C21H26N6O2/c28-20(18-15-27(24-23-18)14-16-6-2-1-3-7-16)25-10-12-26(13-11-25)21-22-17-8-4-5-9-19(17)29-21/h4-5,8-9,15-16H,1-3,6-7,10-14H2. The van der Waals surface area contributed by atoms with Crippen molar-refractivity contribution in [3.05, 3.63) is 36.2 Å². The minimum absolute atomic E-state index is 0.0443. The van der Waals surface area contributed by atoms with Crippen molar-refractivity contribution in [1.29, 1.82) is 0 Å². The predicted octanol–water partition coefficient (Wildman–Crippen LogP) is 2.96. The van der Waals surface area contributed by atoms with Gasteiger partial charge in [-0.1, -0.05) is 36.6 Å². The molecule has 8 heteroatoms. The molecule has 1 saturated carbocycles. The summed E-state index contributed by atoms with van der Waals surface area (Å²) < 4.78 is 7.69.